The molecular formula is C52H37N7. The summed E-state index contributed by atoms with van der Waals surface area (Å²) < 4.78 is 4.53. The van der Waals surface area contributed by atoms with Crippen molar-refractivity contribution in [3.63, 3.8) is 0 Å². The smallest absolute Gasteiger partial charge is 0.0963 e. The van der Waals surface area contributed by atoms with E-state index in [0.717, 1.165) is 100 Å². The molecule has 59 heavy (non-hydrogen) atoms. The molecular weight excluding hydrogens is 723 g/mol. The summed E-state index contributed by atoms with van der Waals surface area (Å²) in [7, 11) is 0. The normalized spacial score (nSPS) is 11.2. The second-order valence-electron chi connectivity index (χ2n) is 14.2. The van der Waals surface area contributed by atoms with Gasteiger partial charge < -0.3 is 9.13 Å². The standard InChI is InChI=1S/C49H31N7.C3H6/c1-3-13-38(42-15-5-7-23-51-42)36(11-1)32-19-21-44-40(27-32)48-46(17-9-25-53-48)55(44)34-29-35(31-50-30-34)56-45-22-20-33(28-41(45)49-47(56)18-10-26-54-49)37-12-2-4-14-39(37)43-16-6-8-24-52-43;1-3-2/h1-31H;3H,1H2,2H3. The zero-order valence-electron chi connectivity index (χ0n) is 32.3. The summed E-state index contributed by atoms with van der Waals surface area (Å²) in [5.74, 6) is 0. The van der Waals surface area contributed by atoms with Crippen molar-refractivity contribution < 1.29 is 0 Å². The SMILES string of the molecule is C=CC.c1ccc(-c2ccccc2-c2ccc3c(c2)c2ncccc2n3-c2cncc(-n3c4ccc(-c5ccccc5-c5ccccn5)cc4c4ncccc43)c2)nc1. The second kappa shape index (κ2) is 15.1. The average Bonchev–Trinajstić information content (AvgIpc) is 3.82. The van der Waals surface area contributed by atoms with Crippen LogP contribution < -0.4 is 0 Å². The summed E-state index contributed by atoms with van der Waals surface area (Å²) >= 11 is 0. The third-order valence-corrected chi connectivity index (χ3v) is 10.6. The fourth-order valence-electron chi connectivity index (χ4n) is 8.18. The van der Waals surface area contributed by atoms with Gasteiger partial charge in [0.25, 0.3) is 0 Å². The van der Waals surface area contributed by atoms with Gasteiger partial charge in [0.15, 0.2) is 0 Å². The molecule has 0 radical (unpaired) electrons. The molecule has 0 aliphatic heterocycles. The molecule has 7 heteroatoms. The molecule has 0 atom stereocenters. The highest BCUT2D eigenvalue weighted by Gasteiger charge is 2.19. The van der Waals surface area contributed by atoms with Crippen molar-refractivity contribution in [2.45, 2.75) is 6.92 Å². The molecule has 0 saturated carbocycles. The molecule has 0 saturated heterocycles. The van der Waals surface area contributed by atoms with Crippen LogP contribution in [0.1, 0.15) is 6.92 Å². The van der Waals surface area contributed by atoms with Gasteiger partial charge >= 0.3 is 0 Å². The minimum atomic E-state index is 0.935. The molecule has 7 nitrogen and oxygen atoms in total. The quantitative estimate of drug-likeness (QED) is 0.158. The van der Waals surface area contributed by atoms with Crippen LogP contribution in [0.4, 0.5) is 0 Å². The topological polar surface area (TPSA) is 74.3 Å². The number of benzene rings is 4. The maximum absolute atomic E-state index is 4.91. The summed E-state index contributed by atoms with van der Waals surface area (Å²) in [4.78, 5) is 24.0. The van der Waals surface area contributed by atoms with E-state index in [2.05, 4.69) is 141 Å². The highest BCUT2D eigenvalue weighted by molar-refractivity contribution is 6.10. The van der Waals surface area contributed by atoms with Crippen LogP contribution in [0, 0.1) is 0 Å². The van der Waals surface area contributed by atoms with Gasteiger partial charge in [-0.2, -0.15) is 0 Å². The van der Waals surface area contributed by atoms with Gasteiger partial charge in [0, 0.05) is 46.7 Å². The number of aromatic nitrogens is 7. The van der Waals surface area contributed by atoms with Crippen molar-refractivity contribution in [2.24, 2.45) is 0 Å². The highest BCUT2D eigenvalue weighted by Crippen LogP contribution is 2.39. The van der Waals surface area contributed by atoms with Crippen LogP contribution >= 0.6 is 0 Å². The van der Waals surface area contributed by atoms with Crippen molar-refractivity contribution in [1.82, 2.24) is 34.1 Å². The molecule has 0 N–H and O–H groups in total. The average molecular weight is 760 g/mol. The highest BCUT2D eigenvalue weighted by atomic mass is 15.0. The number of rotatable bonds is 6. The molecule has 11 aromatic rings. The third kappa shape index (κ3) is 6.22. The van der Waals surface area contributed by atoms with E-state index in [1.807, 2.05) is 80.5 Å². The van der Waals surface area contributed by atoms with Crippen LogP contribution in [0.2, 0.25) is 0 Å². The van der Waals surface area contributed by atoms with Crippen LogP contribution in [0.25, 0.3) is 100 Å². The molecule has 0 spiro atoms. The first-order chi connectivity index (χ1) is 29.2. The first-order valence-electron chi connectivity index (χ1n) is 19.5. The lowest BCUT2D eigenvalue weighted by atomic mass is 9.96. The lowest BCUT2D eigenvalue weighted by Gasteiger charge is -2.13. The minimum absolute atomic E-state index is 0.935. The predicted octanol–water partition coefficient (Wildman–Crippen LogP) is 12.7. The van der Waals surface area contributed by atoms with Gasteiger partial charge in [-0.3, -0.25) is 24.9 Å². The van der Waals surface area contributed by atoms with Gasteiger partial charge in [-0.25, -0.2) is 0 Å². The maximum atomic E-state index is 4.91. The zero-order chi connectivity index (χ0) is 39.7. The van der Waals surface area contributed by atoms with E-state index in [1.165, 1.54) is 0 Å². The Morgan fingerprint density at radius 3 is 1.29 bits per heavy atom. The first kappa shape index (κ1) is 35.4. The monoisotopic (exact) mass is 759 g/mol. The molecule has 0 unspecified atom stereocenters. The molecule has 7 heterocycles. The number of nitrogens with zero attached hydrogens (tertiary/aromatic N) is 7. The minimum Gasteiger partial charge on any atom is -0.306 e. The van der Waals surface area contributed by atoms with Crippen LogP contribution in [0.5, 0.6) is 0 Å². The fraction of sp³-hybridized carbons (Fsp3) is 0.0192. The van der Waals surface area contributed by atoms with Gasteiger partial charge in [-0.15, -0.1) is 6.58 Å². The van der Waals surface area contributed by atoms with Gasteiger partial charge in [-0.05, 0) is 108 Å². The van der Waals surface area contributed by atoms with Gasteiger partial charge in [0.1, 0.15) is 0 Å². The Kier molecular flexibility index (Phi) is 9.08. The van der Waals surface area contributed by atoms with Crippen molar-refractivity contribution >= 4 is 43.9 Å². The van der Waals surface area contributed by atoms with Crippen molar-refractivity contribution in [3.05, 3.63) is 201 Å². The maximum Gasteiger partial charge on any atom is 0.0963 e. The largest absolute Gasteiger partial charge is 0.306 e. The zero-order valence-corrected chi connectivity index (χ0v) is 32.3. The van der Waals surface area contributed by atoms with E-state index in [0.29, 0.717) is 0 Å². The van der Waals surface area contributed by atoms with Crippen LogP contribution in [0.15, 0.2) is 201 Å². The van der Waals surface area contributed by atoms with Gasteiger partial charge in [-0.1, -0.05) is 78.9 Å². The van der Waals surface area contributed by atoms with E-state index in [1.54, 1.807) is 6.08 Å². The molecule has 0 fully saturated rings. The molecule has 7 aromatic heterocycles. The summed E-state index contributed by atoms with van der Waals surface area (Å²) in [6, 6.07) is 52.7. The summed E-state index contributed by atoms with van der Waals surface area (Å²) in [6.07, 6.45) is 13.0. The number of allylic oxidation sites excluding steroid dienone is 1. The molecule has 11 rings (SSSR count). The van der Waals surface area contributed by atoms with E-state index >= 15 is 0 Å². The van der Waals surface area contributed by atoms with Crippen LogP contribution in [0.3, 0.4) is 0 Å². The van der Waals surface area contributed by atoms with Crippen LogP contribution in [-0.2, 0) is 0 Å². The summed E-state index contributed by atoms with van der Waals surface area (Å²) in [5.41, 5.74) is 16.4. The van der Waals surface area contributed by atoms with Gasteiger partial charge in [0.05, 0.1) is 68.3 Å². The Morgan fingerprint density at radius 2 is 0.847 bits per heavy atom. The fourth-order valence-corrected chi connectivity index (χ4v) is 8.18. The number of fused-ring (bicyclic) bond motifs is 6. The molecule has 0 aliphatic rings. The number of hydrogen-bond acceptors (Lipinski definition) is 5. The predicted molar refractivity (Wildman–Crippen MR) is 242 cm³/mol. The van der Waals surface area contributed by atoms with E-state index < -0.39 is 0 Å². The number of hydrogen-bond donors (Lipinski definition) is 0. The summed E-state index contributed by atoms with van der Waals surface area (Å²) in [5, 5.41) is 2.14. The van der Waals surface area contributed by atoms with Crippen molar-refractivity contribution in [1.29, 1.82) is 0 Å². The Balaban J connectivity index is 0.00000136. The van der Waals surface area contributed by atoms with Crippen molar-refractivity contribution in [2.75, 3.05) is 0 Å². The third-order valence-electron chi connectivity index (χ3n) is 10.6. The molecule has 280 valence electrons. The Labute approximate surface area is 341 Å². The summed E-state index contributed by atoms with van der Waals surface area (Å²) in [6.45, 7) is 5.25. The Hall–Kier alpha value is -8.03. The molecule has 0 aliphatic carbocycles. The lowest BCUT2D eigenvalue weighted by Crippen LogP contribution is -2.00. The second-order valence-corrected chi connectivity index (χ2v) is 14.2. The molecule has 0 bridgehead atoms. The molecule has 4 aromatic carbocycles. The van der Waals surface area contributed by atoms with E-state index in [-0.39, 0.29) is 0 Å². The Bertz CT molecular complexity index is 3090. The van der Waals surface area contributed by atoms with E-state index in [4.69, 9.17) is 15.0 Å². The van der Waals surface area contributed by atoms with Gasteiger partial charge in [0.2, 0.25) is 0 Å². The molecule has 0 amide bonds. The first-order valence-corrected chi connectivity index (χ1v) is 19.5. The van der Waals surface area contributed by atoms with Crippen molar-refractivity contribution in [3.8, 4) is 56.1 Å². The Morgan fingerprint density at radius 1 is 0.424 bits per heavy atom. The lowest BCUT2D eigenvalue weighted by molar-refractivity contribution is 1.09. The van der Waals surface area contributed by atoms with E-state index in [9.17, 15) is 0 Å². The van der Waals surface area contributed by atoms with Crippen LogP contribution in [-0.4, -0.2) is 34.1 Å². The number of pyridine rings is 5.